The van der Waals surface area contributed by atoms with Gasteiger partial charge in [-0.25, -0.2) is 0 Å². The van der Waals surface area contributed by atoms with Crippen LogP contribution in [0.3, 0.4) is 0 Å². The Balaban J connectivity index is 1.74. The number of carbonyl (C=O) groups excluding carboxylic acids is 2. The number of hydrogen-bond donors (Lipinski definition) is 1. The van der Waals surface area contributed by atoms with Gasteiger partial charge < -0.3 is 19.7 Å². The highest BCUT2D eigenvalue weighted by atomic mass is 35.5. The van der Waals surface area contributed by atoms with Gasteiger partial charge in [-0.2, -0.15) is 0 Å². The van der Waals surface area contributed by atoms with Crippen molar-refractivity contribution < 1.29 is 19.1 Å². The van der Waals surface area contributed by atoms with E-state index >= 15 is 0 Å². The lowest BCUT2D eigenvalue weighted by Crippen LogP contribution is -2.39. The molecule has 1 aliphatic heterocycles. The summed E-state index contributed by atoms with van der Waals surface area (Å²) in [4.78, 5) is 26.4. The van der Waals surface area contributed by atoms with E-state index in [-0.39, 0.29) is 18.4 Å². The van der Waals surface area contributed by atoms with E-state index in [1.807, 2.05) is 6.92 Å². The molecule has 152 valence electrons. The van der Waals surface area contributed by atoms with Crippen molar-refractivity contribution in [1.82, 2.24) is 0 Å². The van der Waals surface area contributed by atoms with Crippen molar-refractivity contribution in [1.29, 1.82) is 0 Å². The minimum absolute atomic E-state index is 0.0291. The molecule has 0 aromatic heterocycles. The van der Waals surface area contributed by atoms with Crippen LogP contribution >= 0.6 is 23.2 Å². The first-order chi connectivity index (χ1) is 13.7. The van der Waals surface area contributed by atoms with E-state index < -0.39 is 6.10 Å². The van der Waals surface area contributed by atoms with E-state index in [0.29, 0.717) is 39.5 Å². The van der Waals surface area contributed by atoms with Crippen LogP contribution in [0.15, 0.2) is 48.6 Å². The second kappa shape index (κ2) is 8.76. The molecule has 1 aliphatic rings. The van der Waals surface area contributed by atoms with Crippen LogP contribution in [0.1, 0.15) is 13.8 Å². The summed E-state index contributed by atoms with van der Waals surface area (Å²) in [5.74, 6) is 0.389. The topological polar surface area (TPSA) is 67.9 Å². The molecule has 0 spiro atoms. The number of halogens is 2. The Morgan fingerprint density at radius 2 is 2.07 bits per heavy atom. The third kappa shape index (κ3) is 5.02. The lowest BCUT2D eigenvalue weighted by atomic mass is 10.2. The summed E-state index contributed by atoms with van der Waals surface area (Å²) in [6.45, 7) is 7.66. The molecule has 1 N–H and O–H groups in total. The fourth-order valence-corrected chi connectivity index (χ4v) is 3.23. The summed E-state index contributed by atoms with van der Waals surface area (Å²) < 4.78 is 11.1. The van der Waals surface area contributed by atoms with Gasteiger partial charge in [-0.3, -0.25) is 9.59 Å². The number of amides is 2. The highest BCUT2D eigenvalue weighted by Gasteiger charge is 2.26. The molecular formula is C21H20Cl2N2O4. The molecule has 0 saturated heterocycles. The van der Waals surface area contributed by atoms with Gasteiger partial charge in [0.1, 0.15) is 11.5 Å². The highest BCUT2D eigenvalue weighted by molar-refractivity contribution is 6.35. The summed E-state index contributed by atoms with van der Waals surface area (Å²) in [5.41, 5.74) is 1.93. The van der Waals surface area contributed by atoms with Crippen molar-refractivity contribution in [3.05, 3.63) is 58.6 Å². The molecule has 29 heavy (non-hydrogen) atoms. The normalized spacial score (nSPS) is 13.9. The van der Waals surface area contributed by atoms with Crippen LogP contribution < -0.4 is 19.7 Å². The van der Waals surface area contributed by atoms with E-state index in [2.05, 4.69) is 11.9 Å². The number of rotatable bonds is 6. The smallest absolute Gasteiger partial charge is 0.265 e. The quantitative estimate of drug-likeness (QED) is 0.668. The highest BCUT2D eigenvalue weighted by Crippen LogP contribution is 2.35. The first kappa shape index (κ1) is 21.0. The Hall–Kier alpha value is -2.70. The van der Waals surface area contributed by atoms with Crippen LogP contribution in [0.5, 0.6) is 11.5 Å². The van der Waals surface area contributed by atoms with E-state index in [0.717, 1.165) is 5.57 Å². The average Bonchev–Trinajstić information content (AvgIpc) is 2.66. The number of benzene rings is 2. The Bertz CT molecular complexity index is 977. The zero-order valence-corrected chi connectivity index (χ0v) is 17.5. The Kier molecular flexibility index (Phi) is 6.35. The summed E-state index contributed by atoms with van der Waals surface area (Å²) in [5, 5.41) is 3.58. The predicted octanol–water partition coefficient (Wildman–Crippen LogP) is 4.70. The minimum atomic E-state index is -0.811. The molecule has 3 rings (SSSR count). The first-order valence-electron chi connectivity index (χ1n) is 8.89. The lowest BCUT2D eigenvalue weighted by Gasteiger charge is -2.30. The molecule has 0 saturated carbocycles. The Morgan fingerprint density at radius 3 is 2.76 bits per heavy atom. The van der Waals surface area contributed by atoms with Crippen molar-refractivity contribution in [2.45, 2.75) is 20.0 Å². The van der Waals surface area contributed by atoms with E-state index in [9.17, 15) is 9.59 Å². The monoisotopic (exact) mass is 434 g/mol. The summed E-state index contributed by atoms with van der Waals surface area (Å²) in [7, 11) is 0. The Morgan fingerprint density at radius 1 is 1.31 bits per heavy atom. The van der Waals surface area contributed by atoms with Gasteiger partial charge in [0.25, 0.3) is 11.8 Å². The van der Waals surface area contributed by atoms with Gasteiger partial charge in [-0.15, -0.1) is 0 Å². The number of carbonyl (C=O) groups is 2. The van der Waals surface area contributed by atoms with Crippen LogP contribution in [-0.4, -0.2) is 31.1 Å². The molecule has 1 heterocycles. The molecule has 2 aromatic carbocycles. The fourth-order valence-electron chi connectivity index (χ4n) is 2.78. The number of fused-ring (bicyclic) bond motifs is 1. The second-order valence-corrected chi connectivity index (χ2v) is 7.58. The average molecular weight is 435 g/mol. The van der Waals surface area contributed by atoms with Gasteiger partial charge in [-0.1, -0.05) is 35.4 Å². The van der Waals surface area contributed by atoms with Gasteiger partial charge in [0.2, 0.25) is 0 Å². The van der Waals surface area contributed by atoms with Crippen LogP contribution in [0.4, 0.5) is 11.4 Å². The fraction of sp³-hybridized carbons (Fsp3) is 0.238. The number of nitrogens with one attached hydrogen (secondary N) is 1. The molecule has 2 aromatic rings. The van der Waals surface area contributed by atoms with Gasteiger partial charge in [-0.05, 0) is 50.2 Å². The van der Waals surface area contributed by atoms with E-state index in [1.54, 1.807) is 48.2 Å². The molecule has 0 radical (unpaired) electrons. The third-order valence-corrected chi connectivity index (χ3v) is 4.69. The predicted molar refractivity (Wildman–Crippen MR) is 114 cm³/mol. The molecular weight excluding hydrogens is 415 g/mol. The maximum Gasteiger partial charge on any atom is 0.265 e. The first-order valence-corrected chi connectivity index (χ1v) is 9.64. The zero-order valence-electron chi connectivity index (χ0n) is 16.0. The van der Waals surface area contributed by atoms with Gasteiger partial charge in [0.05, 0.1) is 10.7 Å². The summed E-state index contributed by atoms with van der Waals surface area (Å²) >= 11 is 12.0. The van der Waals surface area contributed by atoms with Crippen molar-refractivity contribution in [2.75, 3.05) is 23.4 Å². The largest absolute Gasteiger partial charge is 0.482 e. The van der Waals surface area contributed by atoms with Crippen LogP contribution in [0.2, 0.25) is 10.0 Å². The third-order valence-electron chi connectivity index (χ3n) is 4.16. The molecule has 6 nitrogen and oxygen atoms in total. The molecule has 0 bridgehead atoms. The van der Waals surface area contributed by atoms with Crippen molar-refractivity contribution in [2.24, 2.45) is 0 Å². The lowest BCUT2D eigenvalue weighted by molar-refractivity contribution is -0.122. The molecule has 2 amide bonds. The minimum Gasteiger partial charge on any atom is -0.482 e. The molecule has 0 fully saturated rings. The van der Waals surface area contributed by atoms with Gasteiger partial charge in [0, 0.05) is 17.3 Å². The number of hydrogen-bond acceptors (Lipinski definition) is 4. The van der Waals surface area contributed by atoms with Crippen LogP contribution in [-0.2, 0) is 9.59 Å². The van der Waals surface area contributed by atoms with E-state index in [1.165, 1.54) is 0 Å². The number of anilines is 2. The van der Waals surface area contributed by atoms with Gasteiger partial charge >= 0.3 is 0 Å². The van der Waals surface area contributed by atoms with Crippen molar-refractivity contribution >= 4 is 46.4 Å². The van der Waals surface area contributed by atoms with Crippen molar-refractivity contribution in [3.8, 4) is 11.5 Å². The van der Waals surface area contributed by atoms with Crippen LogP contribution in [0.25, 0.3) is 0 Å². The van der Waals surface area contributed by atoms with Crippen molar-refractivity contribution in [3.63, 3.8) is 0 Å². The number of ether oxygens (including phenoxy) is 2. The maximum absolute atomic E-state index is 12.6. The number of nitrogens with zero attached hydrogens (tertiary/aromatic N) is 1. The van der Waals surface area contributed by atoms with Gasteiger partial charge in [0.15, 0.2) is 12.7 Å². The molecule has 8 heteroatoms. The van der Waals surface area contributed by atoms with Crippen LogP contribution in [0, 0.1) is 0 Å². The summed E-state index contributed by atoms with van der Waals surface area (Å²) in [6, 6.07) is 9.88. The SMILES string of the molecule is C=C(C)CN1C(=O)COc2ccc(NC(=O)C(C)Oc3ccc(Cl)cc3Cl)cc21. The van der Waals surface area contributed by atoms with E-state index in [4.69, 9.17) is 32.7 Å². The molecule has 1 atom stereocenters. The zero-order chi connectivity index (χ0) is 21.1. The summed E-state index contributed by atoms with van der Waals surface area (Å²) in [6.07, 6.45) is -0.811. The molecule has 0 aliphatic carbocycles. The second-order valence-electron chi connectivity index (χ2n) is 6.73. The maximum atomic E-state index is 12.6. The molecule has 1 unspecified atom stereocenters. The standard InChI is InChI=1S/C21H20Cl2N2O4/c1-12(2)10-25-17-9-15(5-7-19(17)28-11-20(25)26)24-21(27)13(3)29-18-6-4-14(22)8-16(18)23/h4-9,13H,1,10-11H2,2-3H3,(H,24,27). The Labute approximate surface area is 179 Å².